The van der Waals surface area contributed by atoms with E-state index in [9.17, 15) is 14.9 Å². The quantitative estimate of drug-likeness (QED) is 0.509. The largest absolute Gasteiger partial charge is 0.324 e. The first-order valence-corrected chi connectivity index (χ1v) is 9.69. The lowest BCUT2D eigenvalue weighted by molar-refractivity contribution is -0.380. The third-order valence-electron chi connectivity index (χ3n) is 4.77. The van der Waals surface area contributed by atoms with E-state index in [1.807, 2.05) is 36.4 Å². The van der Waals surface area contributed by atoms with Crippen molar-refractivity contribution in [3.63, 3.8) is 0 Å². The molecule has 4 rings (SSSR count). The summed E-state index contributed by atoms with van der Waals surface area (Å²) in [6.45, 7) is 0. The maximum absolute atomic E-state index is 12.6. The first kappa shape index (κ1) is 17.4. The average molecular weight is 382 g/mol. The molecule has 1 aliphatic carbocycles. The van der Waals surface area contributed by atoms with Crippen molar-refractivity contribution in [1.29, 1.82) is 0 Å². The molecule has 0 bridgehead atoms. The van der Waals surface area contributed by atoms with Gasteiger partial charge in [0.05, 0.1) is 21.9 Å². The van der Waals surface area contributed by atoms with Crippen LogP contribution in [0.5, 0.6) is 0 Å². The van der Waals surface area contributed by atoms with Crippen molar-refractivity contribution < 1.29 is 9.72 Å². The van der Waals surface area contributed by atoms with Gasteiger partial charge in [0.25, 0.3) is 5.91 Å². The van der Waals surface area contributed by atoms with Crippen LogP contribution in [0.15, 0.2) is 47.8 Å². The van der Waals surface area contributed by atoms with E-state index in [4.69, 9.17) is 5.10 Å². The van der Waals surface area contributed by atoms with Crippen molar-refractivity contribution in [3.05, 3.63) is 69.2 Å². The number of para-hydroxylation sites is 1. The van der Waals surface area contributed by atoms with Crippen molar-refractivity contribution in [2.75, 3.05) is 5.32 Å². The van der Waals surface area contributed by atoms with Gasteiger partial charge in [-0.3, -0.25) is 14.9 Å². The number of rotatable bonds is 5. The van der Waals surface area contributed by atoms with Crippen molar-refractivity contribution in [2.24, 2.45) is 0 Å². The van der Waals surface area contributed by atoms with E-state index >= 15 is 0 Å². The number of nitrogens with one attached hydrogen (secondary N) is 1. The van der Waals surface area contributed by atoms with Crippen LogP contribution < -0.4 is 5.32 Å². The van der Waals surface area contributed by atoms with Gasteiger partial charge in [0.2, 0.25) is 0 Å². The summed E-state index contributed by atoms with van der Waals surface area (Å²) in [6.07, 6.45) is 4.61. The fourth-order valence-corrected chi connectivity index (χ4v) is 4.11. The highest BCUT2D eigenvalue weighted by atomic mass is 32.1. The van der Waals surface area contributed by atoms with Crippen LogP contribution in [0.4, 0.5) is 10.8 Å². The second-order valence-electron chi connectivity index (χ2n) is 6.57. The van der Waals surface area contributed by atoms with Crippen molar-refractivity contribution >= 4 is 28.1 Å². The van der Waals surface area contributed by atoms with E-state index in [0.29, 0.717) is 11.7 Å². The Morgan fingerprint density at radius 1 is 1.22 bits per heavy atom. The fraction of sp³-hybridized carbons (Fsp3) is 0.263. The smallest absolute Gasteiger partial charge is 0.306 e. The molecule has 0 unspecified atom stereocenters. The fourth-order valence-electron chi connectivity index (χ4n) is 3.40. The van der Waals surface area contributed by atoms with Crippen LogP contribution in [-0.4, -0.2) is 20.6 Å². The second kappa shape index (κ2) is 7.32. The van der Waals surface area contributed by atoms with E-state index in [-0.39, 0.29) is 16.5 Å². The van der Waals surface area contributed by atoms with Crippen LogP contribution in [0.1, 0.15) is 47.7 Å². The van der Waals surface area contributed by atoms with Gasteiger partial charge >= 0.3 is 5.00 Å². The Labute approximate surface area is 159 Å². The summed E-state index contributed by atoms with van der Waals surface area (Å²) in [7, 11) is 0. The monoisotopic (exact) mass is 382 g/mol. The Balaban J connectivity index is 1.65. The topological polar surface area (TPSA) is 90.1 Å². The third kappa shape index (κ3) is 3.61. The van der Waals surface area contributed by atoms with Gasteiger partial charge in [0.15, 0.2) is 0 Å². The molecule has 0 aliphatic heterocycles. The van der Waals surface area contributed by atoms with Crippen molar-refractivity contribution in [1.82, 2.24) is 9.78 Å². The summed E-state index contributed by atoms with van der Waals surface area (Å²) < 4.78 is 1.73. The van der Waals surface area contributed by atoms with Gasteiger partial charge in [-0.15, -0.1) is 0 Å². The molecule has 1 aromatic carbocycles. The summed E-state index contributed by atoms with van der Waals surface area (Å²) in [5.74, 6) is 0.601. The standard InChI is InChI=1S/C19H18N4O3S/c24-19(14-10-18(23(25)26)27-12-14)20-17-11-16(13-6-4-5-7-13)21-22(17)15-8-2-1-3-9-15/h1-3,8-13H,4-7H2,(H,20,24). The van der Waals surface area contributed by atoms with Crippen LogP contribution in [0.2, 0.25) is 0 Å². The van der Waals surface area contributed by atoms with Gasteiger partial charge in [-0.1, -0.05) is 42.4 Å². The number of amides is 1. The van der Waals surface area contributed by atoms with E-state index in [0.717, 1.165) is 35.6 Å². The number of hydrogen-bond acceptors (Lipinski definition) is 5. The molecular formula is C19H18N4O3S. The number of aromatic nitrogens is 2. The van der Waals surface area contributed by atoms with Crippen LogP contribution in [-0.2, 0) is 0 Å². The summed E-state index contributed by atoms with van der Waals surface area (Å²) >= 11 is 0.940. The third-order valence-corrected chi connectivity index (χ3v) is 5.65. The molecule has 1 amide bonds. The number of carbonyl (C=O) groups is 1. The molecule has 3 aromatic rings. The molecule has 1 fully saturated rings. The predicted molar refractivity (Wildman–Crippen MR) is 104 cm³/mol. The van der Waals surface area contributed by atoms with E-state index < -0.39 is 4.92 Å². The van der Waals surface area contributed by atoms with Crippen molar-refractivity contribution in [2.45, 2.75) is 31.6 Å². The summed E-state index contributed by atoms with van der Waals surface area (Å²) in [5.41, 5.74) is 2.10. The number of anilines is 1. The molecule has 7 nitrogen and oxygen atoms in total. The van der Waals surface area contributed by atoms with Gasteiger partial charge in [0, 0.05) is 23.4 Å². The van der Waals surface area contributed by atoms with Gasteiger partial charge in [0.1, 0.15) is 5.82 Å². The van der Waals surface area contributed by atoms with Gasteiger partial charge in [-0.2, -0.15) is 5.10 Å². The number of nitro groups is 1. The zero-order valence-electron chi connectivity index (χ0n) is 14.5. The highest BCUT2D eigenvalue weighted by Gasteiger charge is 2.23. The maximum Gasteiger partial charge on any atom is 0.324 e. The molecule has 2 aromatic heterocycles. The van der Waals surface area contributed by atoms with Crippen molar-refractivity contribution in [3.8, 4) is 5.69 Å². The molecular weight excluding hydrogens is 364 g/mol. The Kier molecular flexibility index (Phi) is 4.72. The summed E-state index contributed by atoms with van der Waals surface area (Å²) in [5, 5.41) is 19.9. The Hall–Kier alpha value is -3.00. The molecule has 1 N–H and O–H groups in total. The highest BCUT2D eigenvalue weighted by Crippen LogP contribution is 2.35. The first-order valence-electron chi connectivity index (χ1n) is 8.81. The highest BCUT2D eigenvalue weighted by molar-refractivity contribution is 7.13. The van der Waals surface area contributed by atoms with Crippen LogP contribution in [0.25, 0.3) is 5.69 Å². The molecule has 0 radical (unpaired) electrons. The number of thiophene rings is 1. The molecule has 0 saturated heterocycles. The molecule has 27 heavy (non-hydrogen) atoms. The SMILES string of the molecule is O=C(Nc1cc(C2CCCC2)nn1-c1ccccc1)c1csc([N+](=O)[O-])c1. The first-order chi connectivity index (χ1) is 13.1. The predicted octanol–water partition coefficient (Wildman–Crippen LogP) is 4.75. The number of nitrogens with zero attached hydrogens (tertiary/aromatic N) is 3. The van der Waals surface area contributed by atoms with Crippen LogP contribution in [0, 0.1) is 10.1 Å². The average Bonchev–Trinajstić information content (AvgIpc) is 3.42. The molecule has 0 spiro atoms. The van der Waals surface area contributed by atoms with E-state index in [1.54, 1.807) is 4.68 Å². The van der Waals surface area contributed by atoms with E-state index in [2.05, 4.69) is 5.32 Å². The number of benzene rings is 1. The van der Waals surface area contributed by atoms with Gasteiger partial charge < -0.3 is 5.32 Å². The Morgan fingerprint density at radius 2 is 1.96 bits per heavy atom. The minimum atomic E-state index is -0.492. The minimum absolute atomic E-state index is 0.0524. The molecule has 8 heteroatoms. The molecule has 2 heterocycles. The molecule has 0 atom stereocenters. The van der Waals surface area contributed by atoms with Crippen LogP contribution >= 0.6 is 11.3 Å². The minimum Gasteiger partial charge on any atom is -0.306 e. The zero-order valence-corrected chi connectivity index (χ0v) is 15.3. The zero-order chi connectivity index (χ0) is 18.8. The molecule has 1 saturated carbocycles. The number of hydrogen-bond donors (Lipinski definition) is 1. The van der Waals surface area contributed by atoms with Gasteiger partial charge in [-0.05, 0) is 25.0 Å². The molecule has 1 aliphatic rings. The normalized spacial score (nSPS) is 14.4. The Bertz CT molecular complexity index is 974. The lowest BCUT2D eigenvalue weighted by atomic mass is 10.0. The summed E-state index contributed by atoms with van der Waals surface area (Å²) in [4.78, 5) is 23.0. The lowest BCUT2D eigenvalue weighted by Gasteiger charge is -2.08. The van der Waals surface area contributed by atoms with E-state index in [1.165, 1.54) is 24.3 Å². The van der Waals surface area contributed by atoms with Gasteiger partial charge in [-0.25, -0.2) is 4.68 Å². The molecule has 138 valence electrons. The second-order valence-corrected chi connectivity index (χ2v) is 7.46. The number of carbonyl (C=O) groups excluding carboxylic acids is 1. The lowest BCUT2D eigenvalue weighted by Crippen LogP contribution is -2.14. The summed E-state index contributed by atoms with van der Waals surface area (Å²) in [6, 6.07) is 12.8. The Morgan fingerprint density at radius 3 is 2.63 bits per heavy atom. The maximum atomic E-state index is 12.6. The van der Waals surface area contributed by atoms with Crippen LogP contribution in [0.3, 0.4) is 0 Å².